The summed E-state index contributed by atoms with van der Waals surface area (Å²) in [5, 5.41) is 5.49. The maximum Gasteiger partial charge on any atom is 0.0708 e. The van der Waals surface area contributed by atoms with Gasteiger partial charge in [0.1, 0.15) is 0 Å². The van der Waals surface area contributed by atoms with Gasteiger partial charge in [-0.3, -0.25) is 9.67 Å². The maximum atomic E-state index is 6.48. The average molecular weight is 280 g/mol. The minimum absolute atomic E-state index is 0.179. The van der Waals surface area contributed by atoms with Crippen molar-refractivity contribution in [2.75, 3.05) is 0 Å². The van der Waals surface area contributed by atoms with Crippen molar-refractivity contribution < 1.29 is 0 Å². The van der Waals surface area contributed by atoms with Crippen molar-refractivity contribution in [3.63, 3.8) is 0 Å². The molecule has 4 nitrogen and oxygen atoms in total. The highest BCUT2D eigenvalue weighted by atomic mass is 15.3. The summed E-state index contributed by atoms with van der Waals surface area (Å²) >= 11 is 0. The number of hydrogen-bond acceptors (Lipinski definition) is 3. The molecule has 108 valence electrons. The molecule has 3 rings (SSSR count). The molecule has 0 bridgehead atoms. The number of hydrogen-bond donors (Lipinski definition) is 1. The van der Waals surface area contributed by atoms with Gasteiger partial charge in [-0.05, 0) is 31.0 Å². The monoisotopic (exact) mass is 280 g/mol. The fourth-order valence-electron chi connectivity index (χ4n) is 2.67. The van der Waals surface area contributed by atoms with Crippen LogP contribution in [0.4, 0.5) is 0 Å². The van der Waals surface area contributed by atoms with Gasteiger partial charge in [0.15, 0.2) is 0 Å². The SMILES string of the molecule is CCCn1cc(C(N)c2cc(C)nc3ccccc23)cn1. The Labute approximate surface area is 124 Å². The normalized spacial score (nSPS) is 12.7. The molecule has 0 amide bonds. The highest BCUT2D eigenvalue weighted by Crippen LogP contribution is 2.27. The predicted octanol–water partition coefficient (Wildman–Crippen LogP) is 3.20. The number of benzene rings is 1. The fourth-order valence-corrected chi connectivity index (χ4v) is 2.67. The second kappa shape index (κ2) is 5.66. The number of nitrogens with zero attached hydrogens (tertiary/aromatic N) is 3. The zero-order chi connectivity index (χ0) is 14.8. The average Bonchev–Trinajstić information content (AvgIpc) is 2.94. The molecule has 21 heavy (non-hydrogen) atoms. The van der Waals surface area contributed by atoms with E-state index in [9.17, 15) is 0 Å². The van der Waals surface area contributed by atoms with E-state index in [4.69, 9.17) is 5.73 Å². The lowest BCUT2D eigenvalue weighted by molar-refractivity contribution is 0.602. The largest absolute Gasteiger partial charge is 0.320 e. The smallest absolute Gasteiger partial charge is 0.0708 e. The Kier molecular flexibility index (Phi) is 3.71. The van der Waals surface area contributed by atoms with E-state index < -0.39 is 0 Å². The quantitative estimate of drug-likeness (QED) is 0.798. The van der Waals surface area contributed by atoms with Gasteiger partial charge in [-0.25, -0.2) is 0 Å². The molecule has 2 aromatic heterocycles. The Morgan fingerprint density at radius 3 is 2.90 bits per heavy atom. The summed E-state index contributed by atoms with van der Waals surface area (Å²) in [6.07, 6.45) is 4.97. The first kappa shape index (κ1) is 13.8. The molecule has 0 aliphatic rings. The number of fused-ring (bicyclic) bond motifs is 1. The van der Waals surface area contributed by atoms with Crippen LogP contribution < -0.4 is 5.73 Å². The number of aromatic nitrogens is 3. The molecule has 0 saturated heterocycles. The van der Waals surface area contributed by atoms with Gasteiger partial charge in [0.2, 0.25) is 0 Å². The number of rotatable bonds is 4. The van der Waals surface area contributed by atoms with Crippen LogP contribution in [0.25, 0.3) is 10.9 Å². The van der Waals surface area contributed by atoms with Crippen LogP contribution in [0.15, 0.2) is 42.7 Å². The van der Waals surface area contributed by atoms with E-state index in [1.165, 1.54) is 0 Å². The first-order valence-electron chi connectivity index (χ1n) is 7.33. The summed E-state index contributed by atoms with van der Waals surface area (Å²) < 4.78 is 1.95. The fraction of sp³-hybridized carbons (Fsp3) is 0.294. The lowest BCUT2D eigenvalue weighted by Crippen LogP contribution is -2.12. The van der Waals surface area contributed by atoms with E-state index in [2.05, 4.69) is 29.1 Å². The lowest BCUT2D eigenvalue weighted by atomic mass is 9.98. The van der Waals surface area contributed by atoms with Gasteiger partial charge >= 0.3 is 0 Å². The summed E-state index contributed by atoms with van der Waals surface area (Å²) in [5.41, 5.74) is 10.6. The van der Waals surface area contributed by atoms with E-state index in [0.29, 0.717) is 0 Å². The van der Waals surface area contributed by atoms with Gasteiger partial charge in [0.25, 0.3) is 0 Å². The molecule has 0 aliphatic carbocycles. The van der Waals surface area contributed by atoms with Crippen molar-refractivity contribution in [3.8, 4) is 0 Å². The zero-order valence-electron chi connectivity index (χ0n) is 12.5. The van der Waals surface area contributed by atoms with E-state index in [1.807, 2.05) is 42.2 Å². The Bertz CT molecular complexity index is 760. The van der Waals surface area contributed by atoms with Crippen LogP contribution in [0, 0.1) is 6.92 Å². The van der Waals surface area contributed by atoms with Crippen LogP contribution in [0.3, 0.4) is 0 Å². The second-order valence-electron chi connectivity index (χ2n) is 5.38. The summed E-state index contributed by atoms with van der Waals surface area (Å²) in [5.74, 6) is 0. The standard InChI is InChI=1S/C17H20N4/c1-3-8-21-11-13(10-19-21)17(18)15-9-12(2)20-16-7-5-4-6-14(15)16/h4-7,9-11,17H,3,8,18H2,1-2H3. The highest BCUT2D eigenvalue weighted by Gasteiger charge is 2.15. The molecule has 2 heterocycles. The minimum Gasteiger partial charge on any atom is -0.320 e. The van der Waals surface area contributed by atoms with E-state index in [-0.39, 0.29) is 6.04 Å². The van der Waals surface area contributed by atoms with Crippen molar-refractivity contribution in [2.45, 2.75) is 32.9 Å². The predicted molar refractivity (Wildman–Crippen MR) is 85.0 cm³/mol. The van der Waals surface area contributed by atoms with Crippen LogP contribution in [-0.2, 0) is 6.54 Å². The molecule has 0 spiro atoms. The van der Waals surface area contributed by atoms with Crippen molar-refractivity contribution in [3.05, 3.63) is 59.5 Å². The molecule has 3 aromatic rings. The third-order valence-electron chi connectivity index (χ3n) is 3.68. The maximum absolute atomic E-state index is 6.48. The Morgan fingerprint density at radius 2 is 2.10 bits per heavy atom. The Balaban J connectivity index is 2.05. The lowest BCUT2D eigenvalue weighted by Gasteiger charge is -2.14. The van der Waals surface area contributed by atoms with Crippen LogP contribution in [-0.4, -0.2) is 14.8 Å². The molecule has 4 heteroatoms. The molecule has 0 saturated carbocycles. The topological polar surface area (TPSA) is 56.7 Å². The van der Waals surface area contributed by atoms with Crippen molar-refractivity contribution >= 4 is 10.9 Å². The van der Waals surface area contributed by atoms with Gasteiger partial charge in [0, 0.05) is 29.4 Å². The molecule has 2 N–H and O–H groups in total. The Morgan fingerprint density at radius 1 is 1.29 bits per heavy atom. The molecule has 1 unspecified atom stereocenters. The van der Waals surface area contributed by atoms with Gasteiger partial charge in [0.05, 0.1) is 17.8 Å². The molecule has 0 radical (unpaired) electrons. The van der Waals surface area contributed by atoms with Gasteiger partial charge in [-0.1, -0.05) is 25.1 Å². The summed E-state index contributed by atoms with van der Waals surface area (Å²) in [6, 6.07) is 10.0. The number of aryl methyl sites for hydroxylation is 2. The van der Waals surface area contributed by atoms with Crippen molar-refractivity contribution in [1.29, 1.82) is 0 Å². The summed E-state index contributed by atoms with van der Waals surface area (Å²) in [6.45, 7) is 5.06. The van der Waals surface area contributed by atoms with Gasteiger partial charge in [-0.2, -0.15) is 5.10 Å². The Hall–Kier alpha value is -2.20. The van der Waals surface area contributed by atoms with Crippen LogP contribution in [0.1, 0.15) is 36.2 Å². The highest BCUT2D eigenvalue weighted by molar-refractivity contribution is 5.83. The zero-order valence-corrected chi connectivity index (χ0v) is 12.5. The second-order valence-corrected chi connectivity index (χ2v) is 5.38. The summed E-state index contributed by atoms with van der Waals surface area (Å²) in [4.78, 5) is 4.57. The third-order valence-corrected chi connectivity index (χ3v) is 3.68. The summed E-state index contributed by atoms with van der Waals surface area (Å²) in [7, 11) is 0. The number of pyridine rings is 1. The molecule has 1 atom stereocenters. The van der Waals surface area contributed by atoms with Gasteiger partial charge < -0.3 is 5.73 Å². The number of para-hydroxylation sites is 1. The molecule has 0 aliphatic heterocycles. The third kappa shape index (κ3) is 2.67. The molecule has 0 fully saturated rings. The van der Waals surface area contributed by atoms with Crippen molar-refractivity contribution in [1.82, 2.24) is 14.8 Å². The van der Waals surface area contributed by atoms with E-state index in [1.54, 1.807) is 0 Å². The molecular weight excluding hydrogens is 260 g/mol. The van der Waals surface area contributed by atoms with E-state index in [0.717, 1.165) is 40.7 Å². The van der Waals surface area contributed by atoms with Crippen LogP contribution in [0.2, 0.25) is 0 Å². The first-order valence-corrected chi connectivity index (χ1v) is 7.33. The van der Waals surface area contributed by atoms with E-state index >= 15 is 0 Å². The minimum atomic E-state index is -0.179. The van der Waals surface area contributed by atoms with Gasteiger partial charge in [-0.15, -0.1) is 0 Å². The van der Waals surface area contributed by atoms with Crippen LogP contribution >= 0.6 is 0 Å². The molecular formula is C17H20N4. The van der Waals surface area contributed by atoms with Crippen molar-refractivity contribution in [2.24, 2.45) is 5.73 Å². The molecule has 1 aromatic carbocycles. The first-order chi connectivity index (χ1) is 10.2. The number of nitrogens with two attached hydrogens (primary N) is 1. The van der Waals surface area contributed by atoms with Crippen LogP contribution in [0.5, 0.6) is 0 Å².